The Labute approximate surface area is 111 Å². The van der Waals surface area contributed by atoms with E-state index in [0.717, 1.165) is 19.8 Å². The largest absolute Gasteiger partial charge is 0.375 e. The van der Waals surface area contributed by atoms with E-state index in [-0.39, 0.29) is 0 Å². The van der Waals surface area contributed by atoms with Crippen LogP contribution in [-0.4, -0.2) is 20.2 Å². The third kappa shape index (κ3) is 2.54. The molecule has 100 valence electrons. The van der Waals surface area contributed by atoms with E-state index in [1.807, 2.05) is 0 Å². The van der Waals surface area contributed by atoms with Gasteiger partial charge in [-0.2, -0.15) is 0 Å². The molecule has 1 heterocycles. The van der Waals surface area contributed by atoms with Crippen LogP contribution in [0.5, 0.6) is 0 Å². The first-order valence-corrected chi connectivity index (χ1v) is 6.96. The second-order valence-electron chi connectivity index (χ2n) is 5.90. The molecule has 0 atom stereocenters. The van der Waals surface area contributed by atoms with Gasteiger partial charge < -0.3 is 9.64 Å². The third-order valence-corrected chi connectivity index (χ3v) is 3.74. The molecule has 1 aromatic carbocycles. The van der Waals surface area contributed by atoms with Gasteiger partial charge in [0.1, 0.15) is 0 Å². The van der Waals surface area contributed by atoms with Gasteiger partial charge in [0.05, 0.1) is 13.2 Å². The Hall–Kier alpha value is -1.02. The second-order valence-corrected chi connectivity index (χ2v) is 5.90. The lowest BCUT2D eigenvalue weighted by Crippen LogP contribution is -2.22. The molecule has 18 heavy (non-hydrogen) atoms. The third-order valence-electron chi connectivity index (χ3n) is 3.74. The van der Waals surface area contributed by atoms with Crippen molar-refractivity contribution in [2.75, 3.05) is 25.1 Å². The Balaban J connectivity index is 2.58. The van der Waals surface area contributed by atoms with Crippen LogP contribution in [-0.2, 0) is 11.3 Å². The smallest absolute Gasteiger partial charge is 0.0738 e. The fraction of sp³-hybridized carbons (Fsp3) is 0.625. The van der Waals surface area contributed by atoms with Crippen molar-refractivity contribution in [3.8, 4) is 0 Å². The highest BCUT2D eigenvalue weighted by atomic mass is 16.5. The van der Waals surface area contributed by atoms with Crippen LogP contribution in [0, 0.1) is 0 Å². The van der Waals surface area contributed by atoms with Gasteiger partial charge in [-0.15, -0.1) is 0 Å². The Morgan fingerprint density at radius 1 is 1.11 bits per heavy atom. The molecule has 0 aromatic heterocycles. The predicted molar refractivity (Wildman–Crippen MR) is 77.5 cm³/mol. The number of likely N-dealkylation sites (N-methyl/N-ethyl adjacent to an activating group) is 1. The molecule has 1 aliphatic heterocycles. The summed E-state index contributed by atoms with van der Waals surface area (Å²) >= 11 is 0. The minimum atomic E-state index is 0.554. The van der Waals surface area contributed by atoms with Crippen LogP contribution >= 0.6 is 0 Å². The van der Waals surface area contributed by atoms with Gasteiger partial charge in [0, 0.05) is 24.8 Å². The fourth-order valence-corrected chi connectivity index (χ4v) is 2.59. The van der Waals surface area contributed by atoms with Gasteiger partial charge in [-0.25, -0.2) is 0 Å². The second kappa shape index (κ2) is 5.31. The number of nitrogens with zero attached hydrogens (tertiary/aromatic N) is 1. The Morgan fingerprint density at radius 3 is 2.44 bits per heavy atom. The SMILES string of the molecule is CC(C)c1cc2c(c(C(C)C)c1)N(C)CCOC2. The molecule has 0 fully saturated rings. The molecule has 0 spiro atoms. The van der Waals surface area contributed by atoms with Crippen LogP contribution in [0.4, 0.5) is 5.69 Å². The van der Waals surface area contributed by atoms with Crippen molar-refractivity contribution in [3.05, 3.63) is 28.8 Å². The summed E-state index contributed by atoms with van der Waals surface area (Å²) in [4.78, 5) is 2.35. The predicted octanol–water partition coefficient (Wildman–Crippen LogP) is 3.90. The lowest BCUT2D eigenvalue weighted by atomic mass is 9.91. The summed E-state index contributed by atoms with van der Waals surface area (Å²) in [6, 6.07) is 4.71. The van der Waals surface area contributed by atoms with Gasteiger partial charge in [-0.3, -0.25) is 0 Å². The van der Waals surface area contributed by atoms with E-state index in [0.29, 0.717) is 11.8 Å². The molecule has 1 aliphatic rings. The van der Waals surface area contributed by atoms with Crippen LogP contribution in [0.3, 0.4) is 0 Å². The van der Waals surface area contributed by atoms with E-state index in [9.17, 15) is 0 Å². The molecule has 0 aliphatic carbocycles. The first-order chi connectivity index (χ1) is 8.50. The molecule has 0 unspecified atom stereocenters. The molecule has 2 heteroatoms. The van der Waals surface area contributed by atoms with Crippen LogP contribution in [0.1, 0.15) is 56.2 Å². The average molecular weight is 247 g/mol. The molecule has 0 amide bonds. The normalized spacial score (nSPS) is 16.1. The lowest BCUT2D eigenvalue weighted by Gasteiger charge is -2.25. The van der Waals surface area contributed by atoms with E-state index in [1.54, 1.807) is 0 Å². The summed E-state index contributed by atoms with van der Waals surface area (Å²) in [5.74, 6) is 1.12. The van der Waals surface area contributed by atoms with Crippen molar-refractivity contribution >= 4 is 5.69 Å². The Kier molecular flexibility index (Phi) is 3.96. The van der Waals surface area contributed by atoms with Gasteiger partial charge in [0.15, 0.2) is 0 Å². The number of ether oxygens (including phenoxy) is 1. The fourth-order valence-electron chi connectivity index (χ4n) is 2.59. The quantitative estimate of drug-likeness (QED) is 0.786. The van der Waals surface area contributed by atoms with Crippen molar-refractivity contribution in [1.82, 2.24) is 0 Å². The van der Waals surface area contributed by atoms with Crippen molar-refractivity contribution in [1.29, 1.82) is 0 Å². The molecule has 1 aromatic rings. The first-order valence-electron chi connectivity index (χ1n) is 6.96. The summed E-state index contributed by atoms with van der Waals surface area (Å²) in [5, 5.41) is 0. The maximum Gasteiger partial charge on any atom is 0.0738 e. The van der Waals surface area contributed by atoms with Crippen molar-refractivity contribution in [2.24, 2.45) is 0 Å². The molecule has 2 nitrogen and oxygen atoms in total. The van der Waals surface area contributed by atoms with E-state index in [2.05, 4.69) is 51.8 Å². The summed E-state index contributed by atoms with van der Waals surface area (Å²) < 4.78 is 5.72. The highest BCUT2D eigenvalue weighted by Crippen LogP contribution is 2.35. The van der Waals surface area contributed by atoms with Crippen LogP contribution in [0.15, 0.2) is 12.1 Å². The van der Waals surface area contributed by atoms with E-state index in [4.69, 9.17) is 4.74 Å². The number of hydrogen-bond acceptors (Lipinski definition) is 2. The highest BCUT2D eigenvalue weighted by Gasteiger charge is 2.20. The minimum absolute atomic E-state index is 0.554. The maximum absolute atomic E-state index is 5.72. The van der Waals surface area contributed by atoms with Crippen LogP contribution in [0.2, 0.25) is 0 Å². The van der Waals surface area contributed by atoms with Gasteiger partial charge in [-0.05, 0) is 23.0 Å². The number of fused-ring (bicyclic) bond motifs is 1. The molecule has 0 saturated heterocycles. The molecule has 0 radical (unpaired) electrons. The zero-order valence-electron chi connectivity index (χ0n) is 12.3. The Morgan fingerprint density at radius 2 is 1.83 bits per heavy atom. The van der Waals surface area contributed by atoms with Crippen LogP contribution in [0.25, 0.3) is 0 Å². The Bertz CT molecular complexity index is 423. The number of anilines is 1. The van der Waals surface area contributed by atoms with Gasteiger partial charge in [0.2, 0.25) is 0 Å². The molecule has 0 N–H and O–H groups in total. The van der Waals surface area contributed by atoms with E-state index >= 15 is 0 Å². The van der Waals surface area contributed by atoms with Crippen molar-refractivity contribution in [2.45, 2.75) is 46.1 Å². The van der Waals surface area contributed by atoms with E-state index < -0.39 is 0 Å². The zero-order chi connectivity index (χ0) is 13.3. The zero-order valence-corrected chi connectivity index (χ0v) is 12.3. The summed E-state index contributed by atoms with van der Waals surface area (Å²) in [6.07, 6.45) is 0. The topological polar surface area (TPSA) is 12.5 Å². The maximum atomic E-state index is 5.72. The minimum Gasteiger partial charge on any atom is -0.375 e. The summed E-state index contributed by atoms with van der Waals surface area (Å²) in [6.45, 7) is 11.6. The van der Waals surface area contributed by atoms with Gasteiger partial charge in [-0.1, -0.05) is 39.8 Å². The molecular weight excluding hydrogens is 222 g/mol. The molecule has 2 rings (SSSR count). The number of benzene rings is 1. The van der Waals surface area contributed by atoms with Crippen LogP contribution < -0.4 is 4.90 Å². The highest BCUT2D eigenvalue weighted by molar-refractivity contribution is 5.62. The van der Waals surface area contributed by atoms with Crippen molar-refractivity contribution < 1.29 is 4.74 Å². The van der Waals surface area contributed by atoms with Crippen molar-refractivity contribution in [3.63, 3.8) is 0 Å². The monoisotopic (exact) mass is 247 g/mol. The van der Waals surface area contributed by atoms with Gasteiger partial charge in [0.25, 0.3) is 0 Å². The number of hydrogen-bond donors (Lipinski definition) is 0. The van der Waals surface area contributed by atoms with Gasteiger partial charge >= 0.3 is 0 Å². The average Bonchev–Trinajstić information content (AvgIpc) is 2.50. The first kappa shape index (κ1) is 13.4. The standard InChI is InChI=1S/C16H25NO/c1-11(2)13-8-14-10-18-7-6-17(5)16(14)15(9-13)12(3)4/h8-9,11-12H,6-7,10H2,1-5H3. The molecule has 0 bridgehead atoms. The summed E-state index contributed by atoms with van der Waals surface area (Å²) in [5.41, 5.74) is 5.64. The lowest BCUT2D eigenvalue weighted by molar-refractivity contribution is 0.132. The molecule has 0 saturated carbocycles. The summed E-state index contributed by atoms with van der Waals surface area (Å²) in [7, 11) is 2.18. The molecular formula is C16H25NO. The number of rotatable bonds is 2. The van der Waals surface area contributed by atoms with E-state index in [1.165, 1.54) is 22.4 Å².